The molecule has 3 heterocycles. The lowest BCUT2D eigenvalue weighted by Crippen LogP contribution is -2.32. The second-order valence-corrected chi connectivity index (χ2v) is 8.46. The summed E-state index contributed by atoms with van der Waals surface area (Å²) in [6, 6.07) is 16.9. The Labute approximate surface area is 183 Å². The molecule has 6 heteroatoms. The molecule has 1 saturated carbocycles. The standard InChI is InChI=1S/C25H27N5O/c26-18-23-25(31-24(28-23)22-17-21(22)20-5-2-1-3-6-20)30-13-4-12-29(15-16-30)14-9-19-7-10-27-11-8-19/h1-3,5-8,10-11,21-22H,4,9,12-17H2/t21-,22-/m0/s1. The Balaban J connectivity index is 1.23. The van der Waals surface area contributed by atoms with E-state index >= 15 is 0 Å². The van der Waals surface area contributed by atoms with Gasteiger partial charge in [0.25, 0.3) is 0 Å². The first-order chi connectivity index (χ1) is 15.3. The molecule has 3 aromatic rings. The van der Waals surface area contributed by atoms with Gasteiger partial charge in [-0.25, -0.2) is 4.98 Å². The monoisotopic (exact) mass is 413 g/mol. The van der Waals surface area contributed by atoms with Crippen molar-refractivity contribution in [3.63, 3.8) is 0 Å². The lowest BCUT2D eigenvalue weighted by atomic mass is 10.1. The molecule has 0 bridgehead atoms. The number of hydrogen-bond acceptors (Lipinski definition) is 6. The van der Waals surface area contributed by atoms with E-state index in [-0.39, 0.29) is 5.92 Å². The fourth-order valence-corrected chi connectivity index (χ4v) is 4.54. The zero-order chi connectivity index (χ0) is 21.0. The predicted octanol–water partition coefficient (Wildman–Crippen LogP) is 3.97. The van der Waals surface area contributed by atoms with E-state index in [0.717, 1.165) is 57.9 Å². The minimum Gasteiger partial charge on any atom is -0.423 e. The molecular weight excluding hydrogens is 386 g/mol. The third-order valence-corrected chi connectivity index (χ3v) is 6.41. The molecule has 1 aliphatic carbocycles. The van der Waals surface area contributed by atoms with Crippen LogP contribution in [0.25, 0.3) is 0 Å². The van der Waals surface area contributed by atoms with Gasteiger partial charge in [0, 0.05) is 44.5 Å². The van der Waals surface area contributed by atoms with Crippen LogP contribution >= 0.6 is 0 Å². The van der Waals surface area contributed by atoms with Crippen LogP contribution in [0, 0.1) is 11.3 Å². The average Bonchev–Trinajstić information content (AvgIpc) is 3.57. The van der Waals surface area contributed by atoms with Gasteiger partial charge < -0.3 is 14.2 Å². The lowest BCUT2D eigenvalue weighted by Gasteiger charge is -2.21. The molecular formula is C25H27N5O. The maximum Gasteiger partial charge on any atom is 0.234 e. The van der Waals surface area contributed by atoms with Gasteiger partial charge >= 0.3 is 0 Å². The molecule has 1 aromatic carbocycles. The van der Waals surface area contributed by atoms with Crippen LogP contribution in [0.15, 0.2) is 59.3 Å². The number of oxazole rings is 1. The zero-order valence-corrected chi connectivity index (χ0v) is 17.7. The van der Waals surface area contributed by atoms with Gasteiger partial charge in [-0.3, -0.25) is 4.98 Å². The predicted molar refractivity (Wildman–Crippen MR) is 119 cm³/mol. The Morgan fingerprint density at radius 3 is 2.65 bits per heavy atom. The van der Waals surface area contributed by atoms with E-state index in [2.05, 4.69) is 62.2 Å². The molecule has 1 aliphatic heterocycles. The van der Waals surface area contributed by atoms with Crippen molar-refractivity contribution in [1.82, 2.24) is 14.9 Å². The van der Waals surface area contributed by atoms with Crippen LogP contribution in [0.1, 0.15) is 47.4 Å². The zero-order valence-electron chi connectivity index (χ0n) is 17.7. The van der Waals surface area contributed by atoms with Gasteiger partial charge in [-0.05, 0) is 55.0 Å². The van der Waals surface area contributed by atoms with Crippen LogP contribution < -0.4 is 4.90 Å². The topological polar surface area (TPSA) is 69.2 Å². The summed E-state index contributed by atoms with van der Waals surface area (Å²) < 4.78 is 6.21. The Kier molecular flexibility index (Phi) is 5.68. The molecule has 5 rings (SSSR count). The fraction of sp³-hybridized carbons (Fsp3) is 0.400. The maximum atomic E-state index is 9.67. The van der Waals surface area contributed by atoms with Crippen molar-refractivity contribution in [1.29, 1.82) is 5.26 Å². The molecule has 0 radical (unpaired) electrons. The first-order valence-corrected chi connectivity index (χ1v) is 11.1. The van der Waals surface area contributed by atoms with Gasteiger partial charge in [0.05, 0.1) is 0 Å². The second-order valence-electron chi connectivity index (χ2n) is 8.46. The summed E-state index contributed by atoms with van der Waals surface area (Å²) in [5, 5.41) is 9.67. The highest BCUT2D eigenvalue weighted by Gasteiger charge is 2.44. The molecule has 2 atom stereocenters. The van der Waals surface area contributed by atoms with Crippen LogP contribution in [-0.4, -0.2) is 47.6 Å². The highest BCUT2D eigenvalue weighted by Crippen LogP contribution is 2.54. The normalized spacial score (nSPS) is 21.5. The van der Waals surface area contributed by atoms with Crippen molar-refractivity contribution < 1.29 is 4.42 Å². The van der Waals surface area contributed by atoms with Crippen LogP contribution in [0.5, 0.6) is 0 Å². The number of benzene rings is 1. The van der Waals surface area contributed by atoms with Gasteiger partial charge in [0.1, 0.15) is 6.07 Å². The molecule has 2 aromatic heterocycles. The Bertz CT molecular complexity index is 1040. The summed E-state index contributed by atoms with van der Waals surface area (Å²) in [6.45, 7) is 4.80. The molecule has 2 fully saturated rings. The van der Waals surface area contributed by atoms with Crippen LogP contribution in [0.3, 0.4) is 0 Å². The van der Waals surface area contributed by atoms with Gasteiger partial charge in [0.15, 0.2) is 0 Å². The molecule has 2 aliphatic rings. The highest BCUT2D eigenvalue weighted by molar-refractivity contribution is 5.49. The first kappa shape index (κ1) is 19.8. The van der Waals surface area contributed by atoms with E-state index < -0.39 is 0 Å². The van der Waals surface area contributed by atoms with Crippen molar-refractivity contribution in [2.75, 3.05) is 37.6 Å². The summed E-state index contributed by atoms with van der Waals surface area (Å²) in [5.41, 5.74) is 3.07. The number of anilines is 1. The molecule has 158 valence electrons. The maximum absolute atomic E-state index is 9.67. The summed E-state index contributed by atoms with van der Waals surface area (Å²) in [4.78, 5) is 13.4. The van der Waals surface area contributed by atoms with Crippen molar-refractivity contribution in [3.05, 3.63) is 77.6 Å². The number of nitrogens with zero attached hydrogens (tertiary/aromatic N) is 5. The van der Waals surface area contributed by atoms with E-state index in [1.54, 1.807) is 0 Å². The van der Waals surface area contributed by atoms with Crippen molar-refractivity contribution >= 4 is 5.88 Å². The number of aromatic nitrogens is 2. The highest BCUT2D eigenvalue weighted by atomic mass is 16.4. The third kappa shape index (κ3) is 4.47. The van der Waals surface area contributed by atoms with Crippen molar-refractivity contribution in [3.8, 4) is 6.07 Å². The number of pyridine rings is 1. The minimum absolute atomic E-state index is 0.284. The molecule has 6 nitrogen and oxygen atoms in total. The second kappa shape index (κ2) is 8.91. The minimum atomic E-state index is 0.284. The summed E-state index contributed by atoms with van der Waals surface area (Å²) in [7, 11) is 0. The lowest BCUT2D eigenvalue weighted by molar-refractivity contribution is 0.297. The van der Waals surface area contributed by atoms with E-state index in [9.17, 15) is 5.26 Å². The molecule has 0 spiro atoms. The molecule has 0 N–H and O–H groups in total. The fourth-order valence-electron chi connectivity index (χ4n) is 4.54. The van der Waals surface area contributed by atoms with Gasteiger partial charge in [0.2, 0.25) is 17.5 Å². The van der Waals surface area contributed by atoms with Gasteiger partial charge in [-0.15, -0.1) is 0 Å². The quantitative estimate of drug-likeness (QED) is 0.609. The summed E-state index contributed by atoms with van der Waals surface area (Å²) in [5.74, 6) is 2.12. The first-order valence-electron chi connectivity index (χ1n) is 11.1. The van der Waals surface area contributed by atoms with Crippen LogP contribution in [-0.2, 0) is 6.42 Å². The van der Waals surface area contributed by atoms with Gasteiger partial charge in [-0.1, -0.05) is 30.3 Å². The largest absolute Gasteiger partial charge is 0.423 e. The Morgan fingerprint density at radius 1 is 1.00 bits per heavy atom. The number of rotatable bonds is 6. The molecule has 0 unspecified atom stereocenters. The van der Waals surface area contributed by atoms with E-state index in [1.165, 1.54) is 11.1 Å². The number of hydrogen-bond donors (Lipinski definition) is 0. The van der Waals surface area contributed by atoms with Crippen molar-refractivity contribution in [2.24, 2.45) is 0 Å². The van der Waals surface area contributed by atoms with E-state index in [0.29, 0.717) is 17.5 Å². The molecule has 0 amide bonds. The Morgan fingerprint density at radius 2 is 1.84 bits per heavy atom. The number of nitriles is 1. The SMILES string of the molecule is N#Cc1nc([C@H]2C[C@H]2c2ccccc2)oc1N1CCCN(CCc2ccncc2)CC1. The smallest absolute Gasteiger partial charge is 0.234 e. The van der Waals surface area contributed by atoms with E-state index in [4.69, 9.17) is 4.42 Å². The average molecular weight is 414 g/mol. The molecule has 31 heavy (non-hydrogen) atoms. The van der Waals surface area contributed by atoms with E-state index in [1.807, 2.05) is 18.5 Å². The van der Waals surface area contributed by atoms with Gasteiger partial charge in [-0.2, -0.15) is 5.26 Å². The van der Waals surface area contributed by atoms with Crippen LogP contribution in [0.2, 0.25) is 0 Å². The van der Waals surface area contributed by atoms with Crippen LogP contribution in [0.4, 0.5) is 5.88 Å². The third-order valence-electron chi connectivity index (χ3n) is 6.41. The summed E-state index contributed by atoms with van der Waals surface area (Å²) >= 11 is 0. The van der Waals surface area contributed by atoms with Crippen molar-refractivity contribution in [2.45, 2.75) is 31.1 Å². The Hall–Kier alpha value is -3.17. The summed E-state index contributed by atoms with van der Waals surface area (Å²) in [6.07, 6.45) is 6.82. The molecule has 1 saturated heterocycles.